The standard InChI is InChI=1S/C25H29Cl2FN6O3/c1-15(20-16(26)3-4-17(28)21(20)27)37-23-22(29)31-13-19(33-23)18-5-7-25(14-32-18,24(30)35)6-2-8-34-9-11-36-12-10-34/h3-5,7,13,15H,2,6,8-12,14H2,1H3,(H2,29,31)(H2,30,35). The van der Waals surface area contributed by atoms with E-state index in [0.717, 1.165) is 39.3 Å². The van der Waals surface area contributed by atoms with Gasteiger partial charge in [0.2, 0.25) is 5.91 Å². The molecule has 9 nitrogen and oxygen atoms in total. The second kappa shape index (κ2) is 11.7. The number of dihydropyridines is 1. The molecule has 2 aliphatic heterocycles. The van der Waals surface area contributed by atoms with Crippen molar-refractivity contribution in [1.82, 2.24) is 14.9 Å². The van der Waals surface area contributed by atoms with Gasteiger partial charge >= 0.3 is 0 Å². The van der Waals surface area contributed by atoms with Crippen molar-refractivity contribution in [2.24, 2.45) is 16.1 Å². The molecule has 0 radical (unpaired) electrons. The maximum atomic E-state index is 14.0. The normalized spacial score (nSPS) is 20.9. The zero-order chi connectivity index (χ0) is 26.6. The Morgan fingerprint density at radius 1 is 1.32 bits per heavy atom. The first-order valence-electron chi connectivity index (χ1n) is 12.0. The summed E-state index contributed by atoms with van der Waals surface area (Å²) >= 11 is 12.3. The van der Waals surface area contributed by atoms with E-state index in [2.05, 4.69) is 19.9 Å². The van der Waals surface area contributed by atoms with E-state index in [0.29, 0.717) is 17.8 Å². The fraction of sp³-hybridized carbons (Fsp3) is 0.440. The summed E-state index contributed by atoms with van der Waals surface area (Å²) in [5.41, 5.74) is 12.1. The van der Waals surface area contributed by atoms with Crippen molar-refractivity contribution >= 4 is 40.6 Å². The van der Waals surface area contributed by atoms with Gasteiger partial charge in [0, 0.05) is 23.7 Å². The summed E-state index contributed by atoms with van der Waals surface area (Å²) in [7, 11) is 0. The number of allylic oxidation sites excluding steroid dienone is 1. The van der Waals surface area contributed by atoms with Crippen LogP contribution in [0.5, 0.6) is 5.88 Å². The van der Waals surface area contributed by atoms with Crippen LogP contribution in [-0.2, 0) is 9.53 Å². The number of morpholine rings is 1. The molecular weight excluding hydrogens is 522 g/mol. The Labute approximate surface area is 224 Å². The SMILES string of the molecule is CC(Oc1nc(C2=NCC(CCCN3CCOCC3)(C(N)=O)C=C2)cnc1N)c1c(Cl)ccc(F)c1Cl. The van der Waals surface area contributed by atoms with Gasteiger partial charge in [0.05, 0.1) is 42.1 Å². The molecule has 0 saturated carbocycles. The molecule has 12 heteroatoms. The summed E-state index contributed by atoms with van der Waals surface area (Å²) in [5, 5.41) is 0.108. The molecule has 1 fully saturated rings. The number of carbonyl (C=O) groups is 1. The minimum absolute atomic E-state index is 0.0229. The van der Waals surface area contributed by atoms with Crippen LogP contribution in [0.15, 0.2) is 35.5 Å². The van der Waals surface area contributed by atoms with E-state index in [1.807, 2.05) is 0 Å². The number of aromatic nitrogens is 2. The maximum Gasteiger partial charge on any atom is 0.258 e. The summed E-state index contributed by atoms with van der Waals surface area (Å²) in [5.74, 6) is -0.975. The van der Waals surface area contributed by atoms with E-state index in [1.54, 1.807) is 19.1 Å². The molecule has 2 aliphatic rings. The van der Waals surface area contributed by atoms with Crippen LogP contribution in [0.4, 0.5) is 10.2 Å². The quantitative estimate of drug-likeness (QED) is 0.456. The van der Waals surface area contributed by atoms with Gasteiger partial charge in [-0.1, -0.05) is 29.3 Å². The molecule has 0 spiro atoms. The molecule has 4 rings (SSSR count). The summed E-state index contributed by atoms with van der Waals surface area (Å²) < 4.78 is 25.2. The number of aliphatic imine (C=N–C) groups is 1. The summed E-state index contributed by atoms with van der Waals surface area (Å²) in [6, 6.07) is 2.58. The summed E-state index contributed by atoms with van der Waals surface area (Å²) in [6.45, 7) is 5.94. The number of nitrogen functional groups attached to an aromatic ring is 1. The average Bonchev–Trinajstić information content (AvgIpc) is 2.89. The first kappa shape index (κ1) is 27.3. The number of rotatable bonds is 9. The van der Waals surface area contributed by atoms with Crippen molar-refractivity contribution < 1.29 is 18.7 Å². The Morgan fingerprint density at radius 2 is 2.08 bits per heavy atom. The van der Waals surface area contributed by atoms with Gasteiger partial charge in [-0.2, -0.15) is 0 Å². The van der Waals surface area contributed by atoms with Gasteiger partial charge in [0.15, 0.2) is 5.82 Å². The van der Waals surface area contributed by atoms with Crippen LogP contribution >= 0.6 is 23.2 Å². The number of carbonyl (C=O) groups excluding carboxylic acids is 1. The molecule has 1 amide bonds. The third-order valence-electron chi connectivity index (χ3n) is 6.59. The van der Waals surface area contributed by atoms with Crippen LogP contribution in [0.2, 0.25) is 10.0 Å². The number of nitrogens with two attached hydrogens (primary N) is 2. The highest BCUT2D eigenvalue weighted by Gasteiger charge is 2.36. The number of hydrogen-bond donors (Lipinski definition) is 2. The lowest BCUT2D eigenvalue weighted by Crippen LogP contribution is -2.41. The number of amides is 1. The van der Waals surface area contributed by atoms with Crippen molar-refractivity contribution in [3.8, 4) is 5.88 Å². The minimum Gasteiger partial charge on any atom is -0.467 e. The van der Waals surface area contributed by atoms with Crippen molar-refractivity contribution in [1.29, 1.82) is 0 Å². The van der Waals surface area contributed by atoms with Crippen molar-refractivity contribution in [2.45, 2.75) is 25.9 Å². The smallest absolute Gasteiger partial charge is 0.258 e. The van der Waals surface area contributed by atoms with Crippen LogP contribution in [0.3, 0.4) is 0 Å². The number of anilines is 1. The fourth-order valence-electron chi connectivity index (χ4n) is 4.36. The molecule has 3 heterocycles. The summed E-state index contributed by atoms with van der Waals surface area (Å²) in [6.07, 6.45) is 5.61. The lowest BCUT2D eigenvalue weighted by molar-refractivity contribution is -0.125. The third kappa shape index (κ3) is 6.20. The number of nitrogens with zero attached hydrogens (tertiary/aromatic N) is 4. The fourth-order valence-corrected chi connectivity index (χ4v) is 5.04. The maximum absolute atomic E-state index is 14.0. The van der Waals surface area contributed by atoms with E-state index < -0.39 is 23.2 Å². The van der Waals surface area contributed by atoms with Crippen molar-refractivity contribution in [2.75, 3.05) is 45.1 Å². The predicted molar refractivity (Wildman–Crippen MR) is 141 cm³/mol. The number of hydrogen-bond acceptors (Lipinski definition) is 8. The monoisotopic (exact) mass is 550 g/mol. The van der Waals surface area contributed by atoms with Gasteiger partial charge in [-0.05, 0) is 44.5 Å². The van der Waals surface area contributed by atoms with Crippen molar-refractivity contribution in [3.63, 3.8) is 0 Å². The van der Waals surface area contributed by atoms with Gasteiger partial charge in [-0.25, -0.2) is 14.4 Å². The van der Waals surface area contributed by atoms with Gasteiger partial charge in [-0.15, -0.1) is 0 Å². The molecule has 4 N–H and O–H groups in total. The highest BCUT2D eigenvalue weighted by Crippen LogP contribution is 2.35. The van der Waals surface area contributed by atoms with E-state index in [4.69, 9.17) is 44.1 Å². The van der Waals surface area contributed by atoms with Gasteiger partial charge in [-0.3, -0.25) is 14.7 Å². The Balaban J connectivity index is 1.46. The lowest BCUT2D eigenvalue weighted by Gasteiger charge is -2.31. The van der Waals surface area contributed by atoms with Gasteiger partial charge in [0.1, 0.15) is 17.6 Å². The highest BCUT2D eigenvalue weighted by atomic mass is 35.5. The van der Waals surface area contributed by atoms with Crippen molar-refractivity contribution in [3.05, 3.63) is 57.6 Å². The summed E-state index contributed by atoms with van der Waals surface area (Å²) in [4.78, 5) is 27.9. The van der Waals surface area contributed by atoms with Gasteiger partial charge < -0.3 is 20.9 Å². The second-order valence-corrected chi connectivity index (χ2v) is 9.86. The van der Waals surface area contributed by atoms with Gasteiger partial charge in [0.25, 0.3) is 5.88 Å². The van der Waals surface area contributed by atoms with E-state index in [-0.39, 0.29) is 33.9 Å². The molecule has 0 aliphatic carbocycles. The molecule has 1 saturated heterocycles. The number of ether oxygens (including phenoxy) is 2. The lowest BCUT2D eigenvalue weighted by atomic mass is 9.80. The van der Waals surface area contributed by atoms with E-state index in [9.17, 15) is 9.18 Å². The van der Waals surface area contributed by atoms with E-state index in [1.165, 1.54) is 18.3 Å². The van der Waals surface area contributed by atoms with Crippen LogP contribution in [0, 0.1) is 11.2 Å². The molecule has 1 aromatic heterocycles. The molecule has 2 aromatic rings. The minimum atomic E-state index is -0.865. The van der Waals surface area contributed by atoms with Crippen LogP contribution in [0.1, 0.15) is 37.1 Å². The average molecular weight is 551 g/mol. The molecule has 198 valence electrons. The Bertz CT molecular complexity index is 1220. The Morgan fingerprint density at radius 3 is 2.76 bits per heavy atom. The Hall–Kier alpha value is -2.79. The van der Waals surface area contributed by atoms with E-state index >= 15 is 0 Å². The third-order valence-corrected chi connectivity index (χ3v) is 7.30. The molecule has 37 heavy (non-hydrogen) atoms. The molecule has 2 unspecified atom stereocenters. The number of benzene rings is 1. The zero-order valence-corrected chi connectivity index (χ0v) is 21.9. The number of primary amides is 1. The van der Waals surface area contributed by atoms with Crippen LogP contribution < -0.4 is 16.2 Å². The zero-order valence-electron chi connectivity index (χ0n) is 20.4. The van der Waals surface area contributed by atoms with Crippen LogP contribution in [0.25, 0.3) is 0 Å². The molecule has 1 aromatic carbocycles. The largest absolute Gasteiger partial charge is 0.467 e. The van der Waals surface area contributed by atoms with Crippen LogP contribution in [-0.4, -0.2) is 65.9 Å². The first-order chi connectivity index (χ1) is 17.7. The predicted octanol–water partition coefficient (Wildman–Crippen LogP) is 3.59. The molecule has 0 bridgehead atoms. The number of halogens is 3. The molecular formula is C25H29Cl2FN6O3. The molecule has 2 atom stereocenters. The first-order valence-corrected chi connectivity index (χ1v) is 12.7. The highest BCUT2D eigenvalue weighted by molar-refractivity contribution is 6.36. The topological polar surface area (TPSA) is 129 Å². The Kier molecular flexibility index (Phi) is 8.63. The second-order valence-electron chi connectivity index (χ2n) is 9.08.